The van der Waals surface area contributed by atoms with Crippen molar-refractivity contribution in [3.05, 3.63) is 70.0 Å². The smallest absolute Gasteiger partial charge is 0.335 e. The number of carbonyl (C=O) groups excluding carboxylic acids is 3. The van der Waals surface area contributed by atoms with Crippen LogP contribution in [0.1, 0.15) is 34.3 Å². The van der Waals surface area contributed by atoms with Gasteiger partial charge in [0.2, 0.25) is 5.78 Å². The van der Waals surface area contributed by atoms with E-state index in [9.17, 15) is 44.7 Å². The summed E-state index contributed by atoms with van der Waals surface area (Å²) in [7, 11) is 0. The van der Waals surface area contributed by atoms with Gasteiger partial charge in [-0.2, -0.15) is 0 Å². The number of carboxylic acid groups (broad SMARTS) is 1. The Balaban J connectivity index is 1.70. The van der Waals surface area contributed by atoms with Crippen molar-refractivity contribution in [1.29, 1.82) is 0 Å². The number of ketones is 2. The Labute approximate surface area is 203 Å². The Morgan fingerprint density at radius 2 is 1.75 bits per heavy atom. The highest BCUT2D eigenvalue weighted by Crippen LogP contribution is 2.53. The van der Waals surface area contributed by atoms with E-state index in [2.05, 4.69) is 0 Å². The molecule has 0 bridgehead atoms. The maximum absolute atomic E-state index is 13.5. The lowest BCUT2D eigenvalue weighted by molar-refractivity contribution is -0.147. The number of amides is 1. The predicted molar refractivity (Wildman–Crippen MR) is 124 cm³/mol. The molecule has 10 nitrogen and oxygen atoms in total. The Morgan fingerprint density at radius 3 is 2.42 bits per heavy atom. The summed E-state index contributed by atoms with van der Waals surface area (Å²) in [4.78, 5) is 49.2. The number of hydrogen-bond donors (Lipinski definition) is 6. The highest BCUT2D eigenvalue weighted by molar-refractivity contribution is 6.22. The van der Waals surface area contributed by atoms with E-state index in [1.165, 1.54) is 18.2 Å². The number of hydrogen-bond acceptors (Lipinski definition) is 8. The lowest BCUT2D eigenvalue weighted by Gasteiger charge is -2.46. The number of aliphatic hydroxyl groups is 3. The third-order valence-corrected chi connectivity index (χ3v) is 7.37. The minimum Gasteiger partial charge on any atom is -0.508 e. The van der Waals surface area contributed by atoms with E-state index in [4.69, 9.17) is 5.73 Å². The second-order valence-electron chi connectivity index (χ2n) is 9.28. The normalized spacial score (nSPS) is 25.2. The third kappa shape index (κ3) is 3.07. The Bertz CT molecular complexity index is 1470. The van der Waals surface area contributed by atoms with Gasteiger partial charge in [-0.25, -0.2) is 4.79 Å². The molecule has 1 amide bonds. The van der Waals surface area contributed by atoms with Gasteiger partial charge in [-0.15, -0.1) is 0 Å². The number of primary amides is 1. The zero-order chi connectivity index (χ0) is 26.1. The number of phenolic OH excluding ortho intramolecular Hbond substituents is 1. The molecule has 1 saturated carbocycles. The summed E-state index contributed by atoms with van der Waals surface area (Å²) in [5.41, 5.74) is 2.96. The van der Waals surface area contributed by atoms with Gasteiger partial charge in [0.15, 0.2) is 11.4 Å². The lowest BCUT2D eigenvalue weighted by atomic mass is 9.59. The van der Waals surface area contributed by atoms with Crippen molar-refractivity contribution in [3.8, 4) is 16.9 Å². The second kappa shape index (κ2) is 7.79. The van der Waals surface area contributed by atoms with Crippen LogP contribution in [0.5, 0.6) is 5.75 Å². The Hall–Kier alpha value is -4.44. The lowest BCUT2D eigenvalue weighted by Crippen LogP contribution is -2.58. The summed E-state index contributed by atoms with van der Waals surface area (Å²) in [6.07, 6.45) is -0.280. The van der Waals surface area contributed by atoms with Crippen LogP contribution in [-0.2, 0) is 20.8 Å². The number of phenols is 1. The van der Waals surface area contributed by atoms with Crippen molar-refractivity contribution in [2.24, 2.45) is 17.6 Å². The average Bonchev–Trinajstić information content (AvgIpc) is 2.81. The molecule has 3 aliphatic rings. The van der Waals surface area contributed by atoms with Gasteiger partial charge in [0.05, 0.1) is 11.1 Å². The molecule has 3 aliphatic carbocycles. The van der Waals surface area contributed by atoms with Crippen molar-refractivity contribution >= 4 is 29.2 Å². The fraction of sp³-hybridized carbons (Fsp3) is 0.231. The van der Waals surface area contributed by atoms with Gasteiger partial charge in [-0.1, -0.05) is 18.2 Å². The van der Waals surface area contributed by atoms with E-state index < -0.39 is 64.4 Å². The molecule has 36 heavy (non-hydrogen) atoms. The van der Waals surface area contributed by atoms with E-state index in [1.807, 2.05) is 0 Å². The molecular weight excluding hydrogens is 470 g/mol. The number of aromatic carboxylic acids is 1. The van der Waals surface area contributed by atoms with Gasteiger partial charge in [0.1, 0.15) is 22.8 Å². The number of aromatic hydroxyl groups is 1. The maximum Gasteiger partial charge on any atom is 0.335 e. The molecule has 2 aromatic carbocycles. The van der Waals surface area contributed by atoms with Gasteiger partial charge in [0, 0.05) is 17.9 Å². The van der Waals surface area contributed by atoms with Crippen LogP contribution < -0.4 is 5.73 Å². The minimum atomic E-state index is -2.63. The average molecular weight is 491 g/mol. The molecule has 3 atom stereocenters. The number of aliphatic hydroxyl groups excluding tert-OH is 2. The van der Waals surface area contributed by atoms with Crippen LogP contribution >= 0.6 is 0 Å². The van der Waals surface area contributed by atoms with Crippen LogP contribution in [-0.4, -0.2) is 54.6 Å². The van der Waals surface area contributed by atoms with Crippen LogP contribution in [0.4, 0.5) is 0 Å². The molecule has 1 fully saturated rings. The molecular formula is C26H21NO9. The summed E-state index contributed by atoms with van der Waals surface area (Å²) in [5, 5.41) is 53.0. The Morgan fingerprint density at radius 1 is 1.03 bits per heavy atom. The van der Waals surface area contributed by atoms with E-state index >= 15 is 0 Å². The molecule has 10 heteroatoms. The molecule has 0 heterocycles. The first-order valence-corrected chi connectivity index (χ1v) is 11.1. The number of carbonyl (C=O) groups is 4. The molecule has 3 unspecified atom stereocenters. The minimum absolute atomic E-state index is 0.00712. The van der Waals surface area contributed by atoms with Crippen LogP contribution in [0.2, 0.25) is 0 Å². The first-order valence-electron chi connectivity index (χ1n) is 11.1. The standard InChI is InChI=1S/C26H21NO9/c27-24(33)20-17(29)9-13-7-12-8-15-14(10-2-1-3-11(6-10)25(34)35)4-5-16(28)19(15)21(30)18(12)22(31)26(13,36)23(20)32/h1-6,12-13,28,30,32,36H,7-9H2,(H2,27,33)(H,34,35). The SMILES string of the molecule is NC(=O)C1=C(O)C2(O)C(=O)C3=C(O)c4c(O)ccc(-c5cccc(C(=O)O)c5)c4CC3CC2CC1=O. The number of carboxylic acids is 1. The van der Waals surface area contributed by atoms with Crippen molar-refractivity contribution < 1.29 is 44.7 Å². The number of Topliss-reactive ketones (excluding diaryl/α,β-unsaturated/α-hetero) is 2. The van der Waals surface area contributed by atoms with Gasteiger partial charge in [-0.05, 0) is 53.6 Å². The fourth-order valence-corrected chi connectivity index (χ4v) is 5.71. The van der Waals surface area contributed by atoms with E-state index in [0.717, 1.165) is 0 Å². The zero-order valence-electron chi connectivity index (χ0n) is 18.7. The molecule has 0 aromatic heterocycles. The van der Waals surface area contributed by atoms with Crippen LogP contribution in [0, 0.1) is 11.8 Å². The Kier molecular flexibility index (Phi) is 5.04. The first kappa shape index (κ1) is 23.3. The maximum atomic E-state index is 13.5. The summed E-state index contributed by atoms with van der Waals surface area (Å²) in [5.74, 6) is -8.10. The molecule has 0 spiro atoms. The predicted octanol–water partition coefficient (Wildman–Crippen LogP) is 1.79. The highest BCUT2D eigenvalue weighted by Gasteiger charge is 2.60. The largest absolute Gasteiger partial charge is 0.508 e. The quantitative estimate of drug-likeness (QED) is 0.347. The van der Waals surface area contributed by atoms with Crippen LogP contribution in [0.25, 0.3) is 16.9 Å². The zero-order valence-corrected chi connectivity index (χ0v) is 18.7. The van der Waals surface area contributed by atoms with Gasteiger partial charge < -0.3 is 31.3 Å². The monoisotopic (exact) mass is 491 g/mol. The van der Waals surface area contributed by atoms with Gasteiger partial charge >= 0.3 is 5.97 Å². The van der Waals surface area contributed by atoms with Gasteiger partial charge in [-0.3, -0.25) is 14.4 Å². The molecule has 5 rings (SSSR count). The molecule has 0 saturated heterocycles. The second-order valence-corrected chi connectivity index (χ2v) is 9.28. The molecule has 0 aliphatic heterocycles. The van der Waals surface area contributed by atoms with Crippen molar-refractivity contribution in [2.75, 3.05) is 0 Å². The van der Waals surface area contributed by atoms with Crippen molar-refractivity contribution in [1.82, 2.24) is 0 Å². The number of fused-ring (bicyclic) bond motifs is 3. The summed E-state index contributed by atoms with van der Waals surface area (Å²) in [6.45, 7) is 0. The van der Waals surface area contributed by atoms with Crippen molar-refractivity contribution in [3.63, 3.8) is 0 Å². The number of benzene rings is 2. The van der Waals surface area contributed by atoms with E-state index in [0.29, 0.717) is 16.7 Å². The van der Waals surface area contributed by atoms with Crippen LogP contribution in [0.3, 0.4) is 0 Å². The summed E-state index contributed by atoms with van der Waals surface area (Å²) < 4.78 is 0. The van der Waals surface area contributed by atoms with Gasteiger partial charge in [0.25, 0.3) is 5.91 Å². The van der Waals surface area contributed by atoms with E-state index in [-0.39, 0.29) is 35.3 Å². The van der Waals surface area contributed by atoms with Crippen molar-refractivity contribution in [2.45, 2.75) is 24.9 Å². The van der Waals surface area contributed by atoms with E-state index in [1.54, 1.807) is 18.2 Å². The third-order valence-electron chi connectivity index (χ3n) is 7.37. The summed E-state index contributed by atoms with van der Waals surface area (Å²) in [6, 6.07) is 8.98. The number of nitrogens with two attached hydrogens (primary N) is 1. The molecule has 0 radical (unpaired) electrons. The highest BCUT2D eigenvalue weighted by atomic mass is 16.4. The summed E-state index contributed by atoms with van der Waals surface area (Å²) >= 11 is 0. The topological polar surface area (TPSA) is 195 Å². The molecule has 184 valence electrons. The molecule has 7 N–H and O–H groups in total. The number of rotatable bonds is 3. The fourth-order valence-electron chi connectivity index (χ4n) is 5.71. The first-order chi connectivity index (χ1) is 17.0. The van der Waals surface area contributed by atoms with Crippen LogP contribution in [0.15, 0.2) is 53.3 Å². The molecule has 2 aromatic rings.